The SMILES string of the molecule is Bc1cc(COc2cccc3c2CN(C2CCC(=O)NC2=O)C3=O)c(B)c(B)c1C(B)N1CCOCC1. The van der Waals surface area contributed by atoms with Crippen LogP contribution in [0.3, 0.4) is 0 Å². The summed E-state index contributed by atoms with van der Waals surface area (Å²) in [6, 6.07) is 7.05. The van der Waals surface area contributed by atoms with Gasteiger partial charge in [0.1, 0.15) is 49.8 Å². The number of carbonyl (C=O) groups is 3. The van der Waals surface area contributed by atoms with E-state index in [0.717, 1.165) is 37.4 Å². The summed E-state index contributed by atoms with van der Waals surface area (Å²) in [7, 11) is 8.77. The topological polar surface area (TPSA) is 88.2 Å². The number of morpholine rings is 1. The summed E-state index contributed by atoms with van der Waals surface area (Å²) < 4.78 is 11.8. The molecule has 3 aliphatic heterocycles. The standard InChI is InChI=1S/C25H31B4N3O5/c26-16-10-13(21(27)22(28)20(16)23(29)31-6-8-36-9-7-31)12-37-18-3-1-2-14-15(18)11-32(25(14)35)17-4-5-19(33)30-24(17)34/h1-3,10,17,23H,4-9,11-12,26-29H2,(H,30,33,34). The Morgan fingerprint density at radius 3 is 2.59 bits per heavy atom. The average Bonchev–Trinajstić information content (AvgIpc) is 3.22. The Morgan fingerprint density at radius 1 is 1.11 bits per heavy atom. The Bertz CT molecular complexity index is 1270. The number of nitrogens with one attached hydrogen (secondary N) is 1. The van der Waals surface area contributed by atoms with Crippen LogP contribution in [0.4, 0.5) is 0 Å². The van der Waals surface area contributed by atoms with Gasteiger partial charge in [0.2, 0.25) is 11.8 Å². The van der Waals surface area contributed by atoms with E-state index in [0.29, 0.717) is 36.8 Å². The van der Waals surface area contributed by atoms with Crippen molar-refractivity contribution in [3.05, 3.63) is 46.5 Å². The third-order valence-corrected chi connectivity index (χ3v) is 8.20. The average molecular weight is 497 g/mol. The second-order valence-electron chi connectivity index (χ2n) is 10.3. The van der Waals surface area contributed by atoms with Gasteiger partial charge in [-0.05, 0) is 24.1 Å². The maximum absolute atomic E-state index is 13.1. The minimum atomic E-state index is -0.640. The fourth-order valence-corrected chi connectivity index (χ4v) is 5.97. The lowest BCUT2D eigenvalue weighted by Crippen LogP contribution is -2.52. The summed E-state index contributed by atoms with van der Waals surface area (Å²) in [4.78, 5) is 41.1. The zero-order valence-electron chi connectivity index (χ0n) is 22.1. The van der Waals surface area contributed by atoms with Crippen molar-refractivity contribution in [1.82, 2.24) is 15.1 Å². The molecule has 1 N–H and O–H groups in total. The first kappa shape index (κ1) is 25.7. The van der Waals surface area contributed by atoms with Crippen LogP contribution in [0.25, 0.3) is 0 Å². The third kappa shape index (κ3) is 4.84. The van der Waals surface area contributed by atoms with Crippen LogP contribution in [0.15, 0.2) is 24.3 Å². The van der Waals surface area contributed by atoms with Crippen molar-refractivity contribution >= 4 is 65.5 Å². The molecule has 8 nitrogen and oxygen atoms in total. The van der Waals surface area contributed by atoms with Gasteiger partial charge in [-0.25, -0.2) is 0 Å². The van der Waals surface area contributed by atoms with Gasteiger partial charge in [0.15, 0.2) is 0 Å². The van der Waals surface area contributed by atoms with Crippen LogP contribution in [0, 0.1) is 0 Å². The van der Waals surface area contributed by atoms with Crippen LogP contribution in [-0.2, 0) is 27.5 Å². The Balaban J connectivity index is 1.34. The zero-order valence-corrected chi connectivity index (χ0v) is 22.1. The number of ether oxygens (including phenoxy) is 2. The summed E-state index contributed by atoms with van der Waals surface area (Å²) in [5, 5.41) is 2.35. The number of hydrogen-bond donors (Lipinski definition) is 1. The van der Waals surface area contributed by atoms with Gasteiger partial charge in [-0.1, -0.05) is 34.1 Å². The van der Waals surface area contributed by atoms with Gasteiger partial charge >= 0.3 is 0 Å². The molecule has 0 spiro atoms. The summed E-state index contributed by atoms with van der Waals surface area (Å²) in [6.45, 7) is 4.12. The van der Waals surface area contributed by atoms with E-state index in [1.165, 1.54) is 22.0 Å². The van der Waals surface area contributed by atoms with Crippen LogP contribution < -0.4 is 26.4 Å². The van der Waals surface area contributed by atoms with Crippen LogP contribution in [0.5, 0.6) is 5.75 Å². The van der Waals surface area contributed by atoms with Gasteiger partial charge in [0.05, 0.1) is 19.8 Å². The quantitative estimate of drug-likeness (QED) is 0.322. The van der Waals surface area contributed by atoms with Gasteiger partial charge in [-0.15, -0.1) is 0 Å². The predicted molar refractivity (Wildman–Crippen MR) is 151 cm³/mol. The lowest BCUT2D eigenvalue weighted by Gasteiger charge is -2.35. The van der Waals surface area contributed by atoms with Gasteiger partial charge in [-0.3, -0.25) is 24.6 Å². The van der Waals surface area contributed by atoms with E-state index in [-0.39, 0.29) is 18.2 Å². The molecule has 2 unspecified atom stereocenters. The van der Waals surface area contributed by atoms with Crippen molar-refractivity contribution < 1.29 is 23.9 Å². The fourth-order valence-electron chi connectivity index (χ4n) is 5.97. The van der Waals surface area contributed by atoms with Crippen molar-refractivity contribution in [3.63, 3.8) is 0 Å². The largest absolute Gasteiger partial charge is 0.489 e. The fraction of sp³-hybridized carbons (Fsp3) is 0.400. The monoisotopic (exact) mass is 497 g/mol. The molecule has 2 saturated heterocycles. The smallest absolute Gasteiger partial charge is 0.255 e. The lowest BCUT2D eigenvalue weighted by atomic mass is 9.66. The molecule has 3 heterocycles. The van der Waals surface area contributed by atoms with E-state index in [2.05, 4.69) is 47.7 Å². The number of nitrogens with zero attached hydrogens (tertiary/aromatic N) is 2. The van der Waals surface area contributed by atoms with Crippen molar-refractivity contribution in [2.24, 2.45) is 0 Å². The molecule has 37 heavy (non-hydrogen) atoms. The Hall–Kier alpha value is -2.97. The molecule has 3 amide bonds. The molecule has 188 valence electrons. The van der Waals surface area contributed by atoms with E-state index in [4.69, 9.17) is 9.47 Å². The molecular formula is C25H31B4N3O5. The third-order valence-electron chi connectivity index (χ3n) is 8.20. The number of rotatable bonds is 6. The first-order valence-electron chi connectivity index (χ1n) is 13.1. The van der Waals surface area contributed by atoms with E-state index < -0.39 is 11.9 Å². The highest BCUT2D eigenvalue weighted by atomic mass is 16.5. The molecule has 2 aromatic carbocycles. The van der Waals surface area contributed by atoms with Crippen molar-refractivity contribution in [2.75, 3.05) is 26.3 Å². The molecule has 12 heteroatoms. The number of fused-ring (bicyclic) bond motifs is 1. The van der Waals surface area contributed by atoms with Crippen LogP contribution in [0.1, 0.15) is 45.8 Å². The normalized spacial score (nSPS) is 21.0. The minimum absolute atomic E-state index is 0.195. The number of carbonyl (C=O) groups excluding carboxylic acids is 3. The van der Waals surface area contributed by atoms with Crippen LogP contribution in [-0.4, -0.2) is 91.3 Å². The first-order chi connectivity index (χ1) is 17.8. The molecule has 2 aromatic rings. The van der Waals surface area contributed by atoms with Crippen molar-refractivity contribution in [2.45, 2.75) is 38.0 Å². The van der Waals surface area contributed by atoms with Gasteiger partial charge < -0.3 is 14.4 Å². The van der Waals surface area contributed by atoms with E-state index in [1.54, 1.807) is 11.0 Å². The number of piperidine rings is 1. The van der Waals surface area contributed by atoms with E-state index in [9.17, 15) is 14.4 Å². The molecule has 0 aromatic heterocycles. The molecule has 2 fully saturated rings. The summed E-state index contributed by atoms with van der Waals surface area (Å²) >= 11 is 0. The maximum Gasteiger partial charge on any atom is 0.255 e. The van der Waals surface area contributed by atoms with Crippen molar-refractivity contribution in [1.29, 1.82) is 0 Å². The molecule has 0 aliphatic carbocycles. The molecule has 5 rings (SSSR count). The number of imide groups is 1. The lowest BCUT2D eigenvalue weighted by molar-refractivity contribution is -0.136. The highest BCUT2D eigenvalue weighted by molar-refractivity contribution is 6.52. The second-order valence-corrected chi connectivity index (χ2v) is 10.3. The molecule has 3 aliphatic rings. The molecule has 0 saturated carbocycles. The highest BCUT2D eigenvalue weighted by Crippen LogP contribution is 2.33. The van der Waals surface area contributed by atoms with Crippen LogP contribution >= 0.6 is 0 Å². The zero-order chi connectivity index (χ0) is 26.3. The molecular weight excluding hydrogens is 466 g/mol. The second kappa shape index (κ2) is 10.4. The van der Waals surface area contributed by atoms with E-state index in [1.807, 2.05) is 12.1 Å². The Kier molecular flexibility index (Phi) is 7.23. The van der Waals surface area contributed by atoms with Crippen LogP contribution in [0.2, 0.25) is 0 Å². The van der Waals surface area contributed by atoms with Gasteiger partial charge in [0, 0.05) is 36.6 Å². The minimum Gasteiger partial charge on any atom is -0.489 e. The maximum atomic E-state index is 13.1. The van der Waals surface area contributed by atoms with E-state index >= 15 is 0 Å². The Labute approximate surface area is 221 Å². The Morgan fingerprint density at radius 2 is 1.86 bits per heavy atom. The molecule has 0 radical (unpaired) electrons. The van der Waals surface area contributed by atoms with Gasteiger partial charge in [-0.2, -0.15) is 0 Å². The number of benzene rings is 2. The highest BCUT2D eigenvalue weighted by Gasteiger charge is 2.40. The first-order valence-corrected chi connectivity index (χ1v) is 13.1. The summed E-state index contributed by atoms with van der Waals surface area (Å²) in [5.41, 5.74) is 7.59. The van der Waals surface area contributed by atoms with Gasteiger partial charge in [0.25, 0.3) is 5.91 Å². The number of hydrogen-bond acceptors (Lipinski definition) is 6. The predicted octanol–water partition coefficient (Wildman–Crippen LogP) is -4.23. The molecule has 0 bridgehead atoms. The summed E-state index contributed by atoms with van der Waals surface area (Å²) in [6.07, 6.45) is 0.575. The molecule has 2 atom stereocenters. The van der Waals surface area contributed by atoms with Crippen molar-refractivity contribution in [3.8, 4) is 5.75 Å². The summed E-state index contributed by atoms with van der Waals surface area (Å²) in [5.74, 6) is 0.0771. The number of amides is 3.